The number of hydrogen-bond donors (Lipinski definition) is 2. The van der Waals surface area contributed by atoms with E-state index < -0.39 is 0 Å². The first-order valence-electron chi connectivity index (χ1n) is 6.29. The molecule has 1 aromatic rings. The van der Waals surface area contributed by atoms with Crippen molar-refractivity contribution in [2.45, 2.75) is 31.8 Å². The second-order valence-electron chi connectivity index (χ2n) is 5.43. The highest BCUT2D eigenvalue weighted by molar-refractivity contribution is 6.30. The number of hydrogen-bond acceptors (Lipinski definition) is 4. The van der Waals surface area contributed by atoms with Crippen LogP contribution in [0.1, 0.15) is 19.4 Å². The van der Waals surface area contributed by atoms with E-state index in [-0.39, 0.29) is 11.6 Å². The molecular weight excluding hydrogens is 262 g/mol. The molecule has 0 aliphatic carbocycles. The van der Waals surface area contributed by atoms with Gasteiger partial charge in [-0.1, -0.05) is 11.6 Å². The number of nitrogens with one attached hydrogen (secondary N) is 1. The first kappa shape index (κ1) is 16.2. The Morgan fingerprint density at radius 2 is 2.05 bits per heavy atom. The molecule has 1 atom stereocenters. The highest BCUT2D eigenvalue weighted by Crippen LogP contribution is 2.27. The predicted octanol–water partition coefficient (Wildman–Crippen LogP) is 2.06. The summed E-state index contributed by atoms with van der Waals surface area (Å²) in [5.41, 5.74) is 3.86. The molecule has 3 N–H and O–H groups in total. The Balaban J connectivity index is 3.02. The molecule has 4 nitrogen and oxygen atoms in total. The van der Waals surface area contributed by atoms with Crippen LogP contribution < -0.4 is 16.0 Å². The molecule has 1 rings (SSSR count). The van der Waals surface area contributed by atoms with Crippen molar-refractivity contribution in [1.29, 1.82) is 0 Å². The van der Waals surface area contributed by atoms with Crippen molar-refractivity contribution in [2.24, 2.45) is 5.84 Å². The smallest absolute Gasteiger partial charge is 0.122 e. The van der Waals surface area contributed by atoms with Crippen LogP contribution >= 0.6 is 11.6 Å². The lowest BCUT2D eigenvalue weighted by molar-refractivity contribution is 0.137. The van der Waals surface area contributed by atoms with Crippen LogP contribution in [0.2, 0.25) is 5.02 Å². The third-order valence-corrected chi connectivity index (χ3v) is 4.11. The van der Waals surface area contributed by atoms with Gasteiger partial charge >= 0.3 is 0 Å². The average Bonchev–Trinajstić information content (AvgIpc) is 2.35. The van der Waals surface area contributed by atoms with Crippen molar-refractivity contribution in [3.05, 3.63) is 28.8 Å². The van der Waals surface area contributed by atoms with Gasteiger partial charge in [0, 0.05) is 16.6 Å². The van der Waals surface area contributed by atoms with Crippen LogP contribution in [0.3, 0.4) is 0 Å². The number of nitrogens with zero attached hydrogens (tertiary/aromatic N) is 1. The summed E-state index contributed by atoms with van der Waals surface area (Å²) < 4.78 is 5.38. The summed E-state index contributed by atoms with van der Waals surface area (Å²) in [6.07, 6.45) is 0.741. The van der Waals surface area contributed by atoms with Crippen molar-refractivity contribution in [1.82, 2.24) is 10.3 Å². The minimum Gasteiger partial charge on any atom is -0.496 e. The second-order valence-corrected chi connectivity index (χ2v) is 5.86. The lowest BCUT2D eigenvalue weighted by atomic mass is 9.88. The van der Waals surface area contributed by atoms with Gasteiger partial charge in [0.05, 0.1) is 7.11 Å². The highest BCUT2D eigenvalue weighted by Gasteiger charge is 2.31. The van der Waals surface area contributed by atoms with Crippen LogP contribution in [-0.4, -0.2) is 37.7 Å². The summed E-state index contributed by atoms with van der Waals surface area (Å²) in [4.78, 5) is 2.15. The lowest BCUT2D eigenvalue weighted by Crippen LogP contribution is -2.58. The van der Waals surface area contributed by atoms with Crippen LogP contribution in [0, 0.1) is 0 Å². The number of methoxy groups -OCH3 is 1. The summed E-state index contributed by atoms with van der Waals surface area (Å²) in [7, 11) is 5.74. The molecule has 0 heterocycles. The third-order valence-electron chi connectivity index (χ3n) is 3.87. The van der Waals surface area contributed by atoms with E-state index in [4.69, 9.17) is 22.2 Å². The standard InChI is InChI=1S/C14H24ClN3O/c1-14(2,18(3)4)13(17-16)9-10-8-11(15)6-7-12(10)19-5/h6-8,13,17H,9,16H2,1-5H3. The monoisotopic (exact) mass is 285 g/mol. The Kier molecular flexibility index (Phi) is 5.62. The van der Waals surface area contributed by atoms with Gasteiger partial charge in [-0.2, -0.15) is 0 Å². The first-order valence-corrected chi connectivity index (χ1v) is 6.66. The molecule has 108 valence electrons. The van der Waals surface area contributed by atoms with Crippen molar-refractivity contribution in [3.63, 3.8) is 0 Å². The van der Waals surface area contributed by atoms with Gasteiger partial charge in [0.15, 0.2) is 0 Å². The van der Waals surface area contributed by atoms with E-state index in [0.29, 0.717) is 5.02 Å². The molecule has 0 saturated carbocycles. The zero-order chi connectivity index (χ0) is 14.6. The van der Waals surface area contributed by atoms with Crippen LogP contribution in [0.25, 0.3) is 0 Å². The number of rotatable bonds is 6. The van der Waals surface area contributed by atoms with Crippen LogP contribution in [0.4, 0.5) is 0 Å². The first-order chi connectivity index (χ1) is 8.82. The van der Waals surface area contributed by atoms with Crippen LogP contribution in [-0.2, 0) is 6.42 Å². The molecule has 0 fully saturated rings. The van der Waals surface area contributed by atoms with Crippen molar-refractivity contribution in [3.8, 4) is 5.75 Å². The number of ether oxygens (including phenoxy) is 1. The van der Waals surface area contributed by atoms with Gasteiger partial charge in [-0.15, -0.1) is 0 Å². The van der Waals surface area contributed by atoms with E-state index in [1.165, 1.54) is 0 Å². The maximum Gasteiger partial charge on any atom is 0.122 e. The molecule has 0 aliphatic heterocycles. The number of halogens is 1. The summed E-state index contributed by atoms with van der Waals surface area (Å²) in [5.74, 6) is 6.56. The maximum absolute atomic E-state index is 6.06. The summed E-state index contributed by atoms with van der Waals surface area (Å²) in [6, 6.07) is 5.71. The van der Waals surface area contributed by atoms with Crippen molar-refractivity contribution in [2.75, 3.05) is 21.2 Å². The van der Waals surface area contributed by atoms with Gasteiger partial charge in [-0.05, 0) is 58.1 Å². The van der Waals surface area contributed by atoms with Gasteiger partial charge in [-0.25, -0.2) is 0 Å². The van der Waals surface area contributed by atoms with E-state index >= 15 is 0 Å². The number of nitrogens with two attached hydrogens (primary N) is 1. The minimum absolute atomic E-state index is 0.0786. The normalized spacial score (nSPS) is 13.7. The quantitative estimate of drug-likeness (QED) is 0.621. The second kappa shape index (κ2) is 6.57. The molecule has 0 aromatic heterocycles. The average molecular weight is 286 g/mol. The molecule has 1 unspecified atom stereocenters. The number of benzene rings is 1. The van der Waals surface area contributed by atoms with E-state index in [1.807, 2.05) is 32.3 Å². The molecule has 0 spiro atoms. The van der Waals surface area contributed by atoms with Gasteiger partial charge in [0.1, 0.15) is 5.75 Å². The summed E-state index contributed by atoms with van der Waals surface area (Å²) >= 11 is 6.06. The molecular formula is C14H24ClN3O. The summed E-state index contributed by atoms with van der Waals surface area (Å²) in [6.45, 7) is 4.29. The molecule has 0 amide bonds. The molecule has 0 bridgehead atoms. The largest absolute Gasteiger partial charge is 0.496 e. The number of hydrazine groups is 1. The van der Waals surface area contributed by atoms with E-state index in [2.05, 4.69) is 24.2 Å². The number of likely N-dealkylation sites (N-methyl/N-ethyl adjacent to an activating group) is 1. The van der Waals surface area contributed by atoms with Crippen LogP contribution in [0.15, 0.2) is 18.2 Å². The molecule has 0 radical (unpaired) electrons. The lowest BCUT2D eigenvalue weighted by Gasteiger charge is -2.40. The topological polar surface area (TPSA) is 50.5 Å². The Morgan fingerprint density at radius 3 is 2.53 bits per heavy atom. The highest BCUT2D eigenvalue weighted by atomic mass is 35.5. The molecule has 0 aliphatic rings. The van der Waals surface area contributed by atoms with E-state index in [0.717, 1.165) is 17.7 Å². The van der Waals surface area contributed by atoms with E-state index in [1.54, 1.807) is 7.11 Å². The van der Waals surface area contributed by atoms with E-state index in [9.17, 15) is 0 Å². The Morgan fingerprint density at radius 1 is 1.42 bits per heavy atom. The Labute approximate surface area is 120 Å². The molecule has 5 heteroatoms. The van der Waals surface area contributed by atoms with Gasteiger partial charge in [0.25, 0.3) is 0 Å². The zero-order valence-corrected chi connectivity index (χ0v) is 13.1. The van der Waals surface area contributed by atoms with Crippen LogP contribution in [0.5, 0.6) is 5.75 Å². The Hall–Kier alpha value is -0.810. The van der Waals surface area contributed by atoms with Crippen molar-refractivity contribution >= 4 is 11.6 Å². The maximum atomic E-state index is 6.06. The summed E-state index contributed by atoms with van der Waals surface area (Å²) in [5, 5.41) is 0.703. The fraction of sp³-hybridized carbons (Fsp3) is 0.571. The molecule has 1 aromatic carbocycles. The fourth-order valence-corrected chi connectivity index (χ4v) is 2.15. The van der Waals surface area contributed by atoms with Gasteiger partial charge in [-0.3, -0.25) is 11.3 Å². The molecule has 0 saturated heterocycles. The SMILES string of the molecule is COc1ccc(Cl)cc1CC(NN)C(C)(C)N(C)C. The fourth-order valence-electron chi connectivity index (χ4n) is 1.95. The predicted molar refractivity (Wildman–Crippen MR) is 80.6 cm³/mol. The molecule has 19 heavy (non-hydrogen) atoms. The third kappa shape index (κ3) is 3.83. The Bertz CT molecular complexity index is 421. The van der Waals surface area contributed by atoms with Gasteiger partial charge < -0.3 is 9.64 Å². The van der Waals surface area contributed by atoms with Crippen molar-refractivity contribution < 1.29 is 4.74 Å². The minimum atomic E-state index is -0.0952. The van der Waals surface area contributed by atoms with Gasteiger partial charge in [0.2, 0.25) is 0 Å². The zero-order valence-electron chi connectivity index (χ0n) is 12.3.